The van der Waals surface area contributed by atoms with Crippen molar-refractivity contribution in [2.45, 2.75) is 13.8 Å². The van der Waals surface area contributed by atoms with Gasteiger partial charge in [-0.25, -0.2) is 5.43 Å². The molecular weight excluding hydrogens is 290 g/mol. The maximum Gasteiger partial charge on any atom is 0.259 e. The SMILES string of the molecule is Cc1ccc(/C=N/NC(=O)CNC(=O)c2ccc(C)cc2)cc1. The number of carbonyl (C=O) groups excluding carboxylic acids is 2. The monoisotopic (exact) mass is 309 g/mol. The Balaban J connectivity index is 1.77. The third-order valence-electron chi connectivity index (χ3n) is 3.20. The number of benzene rings is 2. The van der Waals surface area contributed by atoms with Crippen molar-refractivity contribution in [3.05, 3.63) is 70.8 Å². The highest BCUT2D eigenvalue weighted by Gasteiger charge is 2.06. The molecule has 0 unspecified atom stereocenters. The Morgan fingerprint density at radius 1 is 0.957 bits per heavy atom. The third-order valence-corrected chi connectivity index (χ3v) is 3.20. The molecule has 118 valence electrons. The summed E-state index contributed by atoms with van der Waals surface area (Å²) < 4.78 is 0. The standard InChI is InChI=1S/C18H19N3O2/c1-13-3-7-15(8-4-13)11-20-21-17(22)12-19-18(23)16-9-5-14(2)6-10-16/h3-11H,12H2,1-2H3,(H,19,23)(H,21,22)/b20-11+. The predicted molar refractivity (Wildman–Crippen MR) is 90.4 cm³/mol. The maximum absolute atomic E-state index is 11.9. The Morgan fingerprint density at radius 2 is 1.52 bits per heavy atom. The molecule has 2 aromatic rings. The van der Waals surface area contributed by atoms with Crippen LogP contribution in [0.2, 0.25) is 0 Å². The van der Waals surface area contributed by atoms with Crippen molar-refractivity contribution in [2.75, 3.05) is 6.54 Å². The fraction of sp³-hybridized carbons (Fsp3) is 0.167. The van der Waals surface area contributed by atoms with Gasteiger partial charge in [-0.15, -0.1) is 0 Å². The van der Waals surface area contributed by atoms with E-state index < -0.39 is 0 Å². The van der Waals surface area contributed by atoms with Gasteiger partial charge in [0.05, 0.1) is 12.8 Å². The summed E-state index contributed by atoms with van der Waals surface area (Å²) in [4.78, 5) is 23.5. The number of aryl methyl sites for hydroxylation is 2. The van der Waals surface area contributed by atoms with Crippen molar-refractivity contribution in [3.8, 4) is 0 Å². The molecular formula is C18H19N3O2. The molecule has 0 aliphatic carbocycles. The summed E-state index contributed by atoms with van der Waals surface area (Å²) >= 11 is 0. The van der Waals surface area contributed by atoms with Gasteiger partial charge in [-0.3, -0.25) is 9.59 Å². The molecule has 0 bridgehead atoms. The molecule has 2 aromatic carbocycles. The van der Waals surface area contributed by atoms with Crippen LogP contribution in [-0.2, 0) is 4.79 Å². The van der Waals surface area contributed by atoms with E-state index in [1.807, 2.05) is 50.2 Å². The molecule has 0 heterocycles. The first-order chi connectivity index (χ1) is 11.0. The second-order valence-electron chi connectivity index (χ2n) is 5.25. The maximum atomic E-state index is 11.9. The van der Waals surface area contributed by atoms with E-state index in [0.717, 1.165) is 16.7 Å². The Morgan fingerprint density at radius 3 is 2.13 bits per heavy atom. The van der Waals surface area contributed by atoms with Crippen LogP contribution in [0.25, 0.3) is 0 Å². The van der Waals surface area contributed by atoms with Crippen molar-refractivity contribution >= 4 is 18.0 Å². The number of rotatable bonds is 5. The first-order valence-electron chi connectivity index (χ1n) is 7.28. The summed E-state index contributed by atoms with van der Waals surface area (Å²) in [5.74, 6) is -0.670. The second-order valence-corrected chi connectivity index (χ2v) is 5.25. The molecule has 0 spiro atoms. The van der Waals surface area contributed by atoms with Gasteiger partial charge in [0.25, 0.3) is 11.8 Å². The minimum Gasteiger partial charge on any atom is -0.343 e. The third kappa shape index (κ3) is 5.39. The van der Waals surface area contributed by atoms with E-state index in [2.05, 4.69) is 15.8 Å². The highest BCUT2D eigenvalue weighted by atomic mass is 16.2. The lowest BCUT2D eigenvalue weighted by Gasteiger charge is -2.04. The van der Waals surface area contributed by atoms with Gasteiger partial charge in [0.1, 0.15) is 0 Å². The molecule has 0 saturated carbocycles. The highest BCUT2D eigenvalue weighted by Crippen LogP contribution is 2.02. The number of amides is 2. The summed E-state index contributed by atoms with van der Waals surface area (Å²) in [5, 5.41) is 6.41. The van der Waals surface area contributed by atoms with Crippen LogP contribution in [0.5, 0.6) is 0 Å². The molecule has 0 atom stereocenters. The summed E-state index contributed by atoms with van der Waals surface area (Å²) in [6.07, 6.45) is 1.55. The van der Waals surface area contributed by atoms with Crippen molar-refractivity contribution in [1.29, 1.82) is 0 Å². The van der Waals surface area contributed by atoms with Crippen LogP contribution in [0.15, 0.2) is 53.6 Å². The van der Waals surface area contributed by atoms with Gasteiger partial charge in [-0.05, 0) is 31.5 Å². The molecule has 2 amide bonds. The van der Waals surface area contributed by atoms with E-state index in [-0.39, 0.29) is 18.4 Å². The number of hydrogen-bond donors (Lipinski definition) is 2. The molecule has 23 heavy (non-hydrogen) atoms. The number of carbonyl (C=O) groups is 2. The molecule has 5 nitrogen and oxygen atoms in total. The van der Waals surface area contributed by atoms with Gasteiger partial charge in [-0.1, -0.05) is 47.5 Å². The normalized spacial score (nSPS) is 10.5. The minimum atomic E-state index is -0.381. The van der Waals surface area contributed by atoms with Crippen molar-refractivity contribution in [1.82, 2.24) is 10.7 Å². The number of nitrogens with zero attached hydrogens (tertiary/aromatic N) is 1. The summed E-state index contributed by atoms with van der Waals surface area (Å²) in [5.41, 5.74) is 6.02. The van der Waals surface area contributed by atoms with Crippen LogP contribution in [0.4, 0.5) is 0 Å². The number of hydrazone groups is 1. The van der Waals surface area contributed by atoms with Crippen molar-refractivity contribution in [2.24, 2.45) is 5.10 Å². The average Bonchev–Trinajstić information content (AvgIpc) is 2.55. The molecule has 2 N–H and O–H groups in total. The van der Waals surface area contributed by atoms with E-state index in [0.29, 0.717) is 5.56 Å². The Hall–Kier alpha value is -2.95. The Labute approximate surface area is 135 Å². The first kappa shape index (κ1) is 16.4. The van der Waals surface area contributed by atoms with Crippen LogP contribution in [0.1, 0.15) is 27.0 Å². The van der Waals surface area contributed by atoms with E-state index in [4.69, 9.17) is 0 Å². The summed E-state index contributed by atoms with van der Waals surface area (Å²) in [7, 11) is 0. The highest BCUT2D eigenvalue weighted by molar-refractivity contribution is 5.96. The lowest BCUT2D eigenvalue weighted by atomic mass is 10.1. The second kappa shape index (κ2) is 7.89. The van der Waals surface area contributed by atoms with E-state index >= 15 is 0 Å². The summed E-state index contributed by atoms with van der Waals surface area (Å²) in [6, 6.07) is 14.9. The van der Waals surface area contributed by atoms with Gasteiger partial charge < -0.3 is 5.32 Å². The minimum absolute atomic E-state index is 0.127. The fourth-order valence-corrected chi connectivity index (χ4v) is 1.84. The predicted octanol–water partition coefficient (Wildman–Crippen LogP) is 2.18. The zero-order valence-electron chi connectivity index (χ0n) is 13.2. The van der Waals surface area contributed by atoms with Crippen LogP contribution >= 0.6 is 0 Å². The van der Waals surface area contributed by atoms with E-state index in [1.165, 1.54) is 0 Å². The van der Waals surface area contributed by atoms with E-state index in [1.54, 1.807) is 18.3 Å². The van der Waals surface area contributed by atoms with Crippen molar-refractivity contribution < 1.29 is 9.59 Å². The smallest absolute Gasteiger partial charge is 0.259 e. The van der Waals surface area contributed by atoms with Gasteiger partial charge in [0, 0.05) is 5.56 Å². The number of nitrogens with one attached hydrogen (secondary N) is 2. The Kier molecular flexibility index (Phi) is 5.63. The lowest BCUT2D eigenvalue weighted by Crippen LogP contribution is -2.34. The summed E-state index contributed by atoms with van der Waals surface area (Å²) in [6.45, 7) is 3.82. The largest absolute Gasteiger partial charge is 0.343 e. The van der Waals surface area contributed by atoms with Crippen LogP contribution in [-0.4, -0.2) is 24.6 Å². The number of hydrogen-bond acceptors (Lipinski definition) is 3. The first-order valence-corrected chi connectivity index (χ1v) is 7.28. The fourth-order valence-electron chi connectivity index (χ4n) is 1.84. The topological polar surface area (TPSA) is 70.6 Å². The molecule has 2 rings (SSSR count). The molecule has 0 fully saturated rings. The van der Waals surface area contributed by atoms with Crippen LogP contribution < -0.4 is 10.7 Å². The van der Waals surface area contributed by atoms with E-state index in [9.17, 15) is 9.59 Å². The molecule has 0 radical (unpaired) electrons. The Bertz CT molecular complexity index is 704. The van der Waals surface area contributed by atoms with Crippen LogP contribution in [0, 0.1) is 13.8 Å². The molecule has 0 aromatic heterocycles. The zero-order chi connectivity index (χ0) is 16.7. The van der Waals surface area contributed by atoms with Gasteiger partial charge in [0.15, 0.2) is 0 Å². The van der Waals surface area contributed by atoms with Gasteiger partial charge in [0.2, 0.25) is 0 Å². The van der Waals surface area contributed by atoms with Crippen LogP contribution in [0.3, 0.4) is 0 Å². The molecule has 0 saturated heterocycles. The lowest BCUT2D eigenvalue weighted by molar-refractivity contribution is -0.120. The molecule has 5 heteroatoms. The van der Waals surface area contributed by atoms with Crippen molar-refractivity contribution in [3.63, 3.8) is 0 Å². The molecule has 0 aliphatic heterocycles. The van der Waals surface area contributed by atoms with Gasteiger partial charge in [-0.2, -0.15) is 5.10 Å². The van der Waals surface area contributed by atoms with Gasteiger partial charge >= 0.3 is 0 Å². The molecule has 0 aliphatic rings. The zero-order valence-corrected chi connectivity index (χ0v) is 13.2. The average molecular weight is 309 g/mol. The quantitative estimate of drug-likeness (QED) is 0.656.